The third-order valence-electron chi connectivity index (χ3n) is 2.60. The normalized spacial score (nSPS) is 10.7. The first kappa shape index (κ1) is 9.00. The van der Waals surface area contributed by atoms with Gasteiger partial charge in [-0.15, -0.1) is 0 Å². The van der Waals surface area contributed by atoms with Crippen LogP contribution in [0, 0.1) is 6.92 Å². The van der Waals surface area contributed by atoms with Gasteiger partial charge in [0.1, 0.15) is 6.29 Å². The van der Waals surface area contributed by atoms with Crippen molar-refractivity contribution in [1.82, 2.24) is 4.57 Å². The molecule has 14 heavy (non-hydrogen) atoms. The summed E-state index contributed by atoms with van der Waals surface area (Å²) in [5.41, 5.74) is 3.55. The Morgan fingerprint density at radius 1 is 1.43 bits per heavy atom. The first-order valence-electron chi connectivity index (χ1n) is 4.71. The van der Waals surface area contributed by atoms with Gasteiger partial charge in [0.05, 0.1) is 0 Å². The van der Waals surface area contributed by atoms with Crippen LogP contribution in [-0.2, 0) is 18.3 Å². The molecule has 0 fully saturated rings. The minimum Gasteiger partial charge on any atom is -0.350 e. The van der Waals surface area contributed by atoms with Gasteiger partial charge in [-0.3, -0.25) is 0 Å². The first-order valence-corrected chi connectivity index (χ1v) is 4.71. The van der Waals surface area contributed by atoms with E-state index in [1.54, 1.807) is 0 Å². The lowest BCUT2D eigenvalue weighted by molar-refractivity contribution is -0.107. The predicted octanol–water partition coefficient (Wildman–Crippen LogP) is 2.23. The lowest BCUT2D eigenvalue weighted by atomic mass is 10.1. The van der Waals surface area contributed by atoms with Gasteiger partial charge >= 0.3 is 0 Å². The standard InChI is InChI=1S/C12H13NO/c1-9-4-3-5-11-12(9)10(6-7-14)8-13(11)2/h3-5,7-8H,6H2,1-2H3. The lowest BCUT2D eigenvalue weighted by Gasteiger charge is -1.98. The Hall–Kier alpha value is -1.57. The molecule has 72 valence electrons. The molecule has 0 aliphatic heterocycles. The number of benzene rings is 1. The minimum atomic E-state index is 0.502. The number of hydrogen-bond donors (Lipinski definition) is 0. The SMILES string of the molecule is Cc1cccc2c1c(CC=O)cn2C. The predicted molar refractivity (Wildman–Crippen MR) is 57.4 cm³/mol. The number of aryl methyl sites for hydroxylation is 2. The quantitative estimate of drug-likeness (QED) is 0.661. The van der Waals surface area contributed by atoms with Crippen molar-refractivity contribution in [3.8, 4) is 0 Å². The van der Waals surface area contributed by atoms with E-state index < -0.39 is 0 Å². The molecule has 0 saturated carbocycles. The van der Waals surface area contributed by atoms with Crippen LogP contribution in [0.25, 0.3) is 10.9 Å². The van der Waals surface area contributed by atoms with E-state index in [-0.39, 0.29) is 0 Å². The average molecular weight is 187 g/mol. The van der Waals surface area contributed by atoms with Crippen molar-refractivity contribution >= 4 is 17.2 Å². The fourth-order valence-corrected chi connectivity index (χ4v) is 1.98. The molecule has 2 nitrogen and oxygen atoms in total. The van der Waals surface area contributed by atoms with E-state index in [1.165, 1.54) is 16.5 Å². The van der Waals surface area contributed by atoms with Crippen molar-refractivity contribution in [3.05, 3.63) is 35.5 Å². The minimum absolute atomic E-state index is 0.502. The van der Waals surface area contributed by atoms with Gasteiger partial charge in [-0.1, -0.05) is 12.1 Å². The van der Waals surface area contributed by atoms with Crippen LogP contribution in [0.5, 0.6) is 0 Å². The molecule has 0 atom stereocenters. The van der Waals surface area contributed by atoms with Crippen LogP contribution in [-0.4, -0.2) is 10.9 Å². The van der Waals surface area contributed by atoms with Crippen LogP contribution >= 0.6 is 0 Å². The molecule has 2 aromatic rings. The van der Waals surface area contributed by atoms with Crippen LogP contribution in [0.15, 0.2) is 24.4 Å². The maximum absolute atomic E-state index is 10.5. The largest absolute Gasteiger partial charge is 0.350 e. The molecule has 0 bridgehead atoms. The zero-order valence-electron chi connectivity index (χ0n) is 8.45. The topological polar surface area (TPSA) is 22.0 Å². The highest BCUT2D eigenvalue weighted by Crippen LogP contribution is 2.23. The van der Waals surface area contributed by atoms with Crippen LogP contribution in [0.3, 0.4) is 0 Å². The van der Waals surface area contributed by atoms with Gasteiger partial charge in [-0.05, 0) is 24.1 Å². The Bertz CT molecular complexity index is 482. The summed E-state index contributed by atoms with van der Waals surface area (Å²) in [5.74, 6) is 0. The Morgan fingerprint density at radius 3 is 2.93 bits per heavy atom. The molecule has 0 radical (unpaired) electrons. The van der Waals surface area contributed by atoms with E-state index >= 15 is 0 Å². The van der Waals surface area contributed by atoms with Crippen LogP contribution in [0.4, 0.5) is 0 Å². The Morgan fingerprint density at radius 2 is 2.21 bits per heavy atom. The average Bonchev–Trinajstić information content (AvgIpc) is 2.46. The molecule has 1 aromatic heterocycles. The third kappa shape index (κ3) is 1.23. The number of rotatable bonds is 2. The molecule has 0 spiro atoms. The van der Waals surface area contributed by atoms with Crippen molar-refractivity contribution in [2.24, 2.45) is 7.05 Å². The monoisotopic (exact) mass is 187 g/mol. The second kappa shape index (κ2) is 3.29. The number of hydrogen-bond acceptors (Lipinski definition) is 1. The highest BCUT2D eigenvalue weighted by Gasteiger charge is 2.07. The van der Waals surface area contributed by atoms with Gasteiger partial charge in [0, 0.05) is 30.6 Å². The summed E-state index contributed by atoms with van der Waals surface area (Å²) in [6.07, 6.45) is 3.50. The molecule has 0 aliphatic rings. The number of nitrogens with zero attached hydrogens (tertiary/aromatic N) is 1. The van der Waals surface area contributed by atoms with E-state index in [4.69, 9.17) is 0 Å². The molecular weight excluding hydrogens is 174 g/mol. The molecule has 2 heteroatoms. The summed E-state index contributed by atoms with van der Waals surface area (Å²) in [5, 5.41) is 1.22. The van der Waals surface area contributed by atoms with Crippen LogP contribution < -0.4 is 0 Å². The number of carbonyl (C=O) groups is 1. The molecule has 0 saturated heterocycles. The van der Waals surface area contributed by atoms with Gasteiger partial charge in [0.2, 0.25) is 0 Å². The number of aldehydes is 1. The van der Waals surface area contributed by atoms with E-state index in [9.17, 15) is 4.79 Å². The summed E-state index contributed by atoms with van der Waals surface area (Å²) >= 11 is 0. The maximum Gasteiger partial charge on any atom is 0.124 e. The molecule has 2 rings (SSSR count). The Labute approximate surface area is 83.2 Å². The number of aromatic nitrogens is 1. The fraction of sp³-hybridized carbons (Fsp3) is 0.250. The van der Waals surface area contributed by atoms with E-state index in [1.807, 2.05) is 19.3 Å². The molecule has 0 unspecified atom stereocenters. The van der Waals surface area contributed by atoms with E-state index in [0.29, 0.717) is 6.42 Å². The Kier molecular flexibility index (Phi) is 2.12. The summed E-state index contributed by atoms with van der Waals surface area (Å²) < 4.78 is 2.07. The molecular formula is C12H13NO. The summed E-state index contributed by atoms with van der Waals surface area (Å²) in [7, 11) is 2.01. The fourth-order valence-electron chi connectivity index (χ4n) is 1.98. The highest BCUT2D eigenvalue weighted by atomic mass is 16.1. The van der Waals surface area contributed by atoms with Crippen molar-refractivity contribution in [2.45, 2.75) is 13.3 Å². The van der Waals surface area contributed by atoms with E-state index in [0.717, 1.165) is 11.8 Å². The van der Waals surface area contributed by atoms with Crippen LogP contribution in [0.1, 0.15) is 11.1 Å². The van der Waals surface area contributed by atoms with Crippen molar-refractivity contribution < 1.29 is 4.79 Å². The summed E-state index contributed by atoms with van der Waals surface area (Å²) in [6, 6.07) is 6.20. The first-order chi connectivity index (χ1) is 6.74. The van der Waals surface area contributed by atoms with E-state index in [2.05, 4.69) is 23.6 Å². The molecule has 0 N–H and O–H groups in total. The zero-order valence-corrected chi connectivity index (χ0v) is 8.45. The molecule has 1 heterocycles. The lowest BCUT2D eigenvalue weighted by Crippen LogP contribution is -1.84. The van der Waals surface area contributed by atoms with Crippen molar-refractivity contribution in [3.63, 3.8) is 0 Å². The molecule has 0 aliphatic carbocycles. The maximum atomic E-state index is 10.5. The second-order valence-electron chi connectivity index (χ2n) is 3.61. The molecule has 0 amide bonds. The third-order valence-corrected chi connectivity index (χ3v) is 2.60. The second-order valence-corrected chi connectivity index (χ2v) is 3.61. The Balaban J connectivity index is 2.78. The number of carbonyl (C=O) groups excluding carboxylic acids is 1. The highest BCUT2D eigenvalue weighted by molar-refractivity contribution is 5.88. The zero-order chi connectivity index (χ0) is 10.1. The van der Waals surface area contributed by atoms with Gasteiger partial charge < -0.3 is 9.36 Å². The summed E-state index contributed by atoms with van der Waals surface area (Å²) in [6.45, 7) is 2.08. The van der Waals surface area contributed by atoms with Crippen LogP contribution in [0.2, 0.25) is 0 Å². The van der Waals surface area contributed by atoms with Gasteiger partial charge in [0.15, 0.2) is 0 Å². The number of fused-ring (bicyclic) bond motifs is 1. The summed E-state index contributed by atoms with van der Waals surface area (Å²) in [4.78, 5) is 10.5. The van der Waals surface area contributed by atoms with Gasteiger partial charge in [0.25, 0.3) is 0 Å². The smallest absolute Gasteiger partial charge is 0.124 e. The van der Waals surface area contributed by atoms with Crippen molar-refractivity contribution in [2.75, 3.05) is 0 Å². The van der Waals surface area contributed by atoms with Gasteiger partial charge in [-0.25, -0.2) is 0 Å². The molecule has 1 aromatic carbocycles. The van der Waals surface area contributed by atoms with Crippen molar-refractivity contribution in [1.29, 1.82) is 0 Å². The van der Waals surface area contributed by atoms with Gasteiger partial charge in [-0.2, -0.15) is 0 Å².